The van der Waals surface area contributed by atoms with E-state index in [0.717, 1.165) is 10.6 Å². The molecule has 6 nitrogen and oxygen atoms in total. The predicted molar refractivity (Wildman–Crippen MR) is 104 cm³/mol. The number of hydrogen-bond donors (Lipinski definition) is 1. The highest BCUT2D eigenvalue weighted by Gasteiger charge is 2.15. The van der Waals surface area contributed by atoms with Crippen molar-refractivity contribution < 1.29 is 18.4 Å². The third kappa shape index (κ3) is 4.72. The van der Waals surface area contributed by atoms with Crippen molar-refractivity contribution in [3.63, 3.8) is 0 Å². The first-order valence-corrected chi connectivity index (χ1v) is 9.52. The summed E-state index contributed by atoms with van der Waals surface area (Å²) in [5.74, 6) is 0.573. The fourth-order valence-corrected chi connectivity index (χ4v) is 3.38. The van der Waals surface area contributed by atoms with Crippen molar-refractivity contribution in [2.45, 2.75) is 4.90 Å². The molecule has 1 aromatic carbocycles. The maximum Gasteiger partial charge on any atom is 0.282 e. The summed E-state index contributed by atoms with van der Waals surface area (Å²) >= 11 is 0. The zero-order valence-corrected chi connectivity index (χ0v) is 15.4. The lowest BCUT2D eigenvalue weighted by Crippen LogP contribution is -2.06. The molecule has 0 spiro atoms. The van der Waals surface area contributed by atoms with Crippen LogP contribution in [-0.2, 0) is 10.0 Å². The van der Waals surface area contributed by atoms with Crippen LogP contribution in [0.4, 0.5) is 0 Å². The molecule has 0 saturated heterocycles. The van der Waals surface area contributed by atoms with Crippen LogP contribution < -0.4 is 4.74 Å². The Kier molecular flexibility index (Phi) is 5.54. The molecule has 1 aliphatic carbocycles. The van der Waals surface area contributed by atoms with Gasteiger partial charge >= 0.3 is 0 Å². The van der Waals surface area contributed by atoms with Crippen molar-refractivity contribution in [1.82, 2.24) is 5.06 Å². The van der Waals surface area contributed by atoms with Crippen molar-refractivity contribution in [1.29, 1.82) is 0 Å². The van der Waals surface area contributed by atoms with E-state index >= 15 is 0 Å². The van der Waals surface area contributed by atoms with E-state index in [9.17, 15) is 13.6 Å². The summed E-state index contributed by atoms with van der Waals surface area (Å²) in [6.45, 7) is 0. The molecule has 27 heavy (non-hydrogen) atoms. The van der Waals surface area contributed by atoms with Gasteiger partial charge in [0, 0.05) is 18.0 Å². The third-order valence-corrected chi connectivity index (χ3v) is 5.11. The van der Waals surface area contributed by atoms with Crippen LogP contribution in [0.15, 0.2) is 106 Å². The van der Waals surface area contributed by atoms with E-state index in [-0.39, 0.29) is 4.90 Å². The minimum absolute atomic E-state index is 0.0950. The Hall–Kier alpha value is -3.16. The summed E-state index contributed by atoms with van der Waals surface area (Å²) < 4.78 is 34.2. The summed E-state index contributed by atoms with van der Waals surface area (Å²) in [5, 5.41) is 10.2. The van der Waals surface area contributed by atoms with E-state index in [2.05, 4.69) is 4.40 Å². The maximum absolute atomic E-state index is 12.6. The van der Waals surface area contributed by atoms with Gasteiger partial charge in [0.05, 0.1) is 17.7 Å². The topological polar surface area (TPSA) is 79.2 Å². The number of benzene rings is 1. The number of methoxy groups -OCH3 is 1. The molecule has 0 radical (unpaired) electrons. The maximum atomic E-state index is 12.6. The second-order valence-electron chi connectivity index (χ2n) is 5.65. The Morgan fingerprint density at radius 1 is 1.00 bits per heavy atom. The van der Waals surface area contributed by atoms with Crippen molar-refractivity contribution >= 4 is 15.7 Å². The molecule has 0 aromatic heterocycles. The van der Waals surface area contributed by atoms with Crippen LogP contribution in [0, 0.1) is 0 Å². The minimum atomic E-state index is -3.85. The highest BCUT2D eigenvalue weighted by molar-refractivity contribution is 7.90. The van der Waals surface area contributed by atoms with Crippen LogP contribution in [-0.4, -0.2) is 31.5 Å². The molecule has 2 aliphatic rings. The van der Waals surface area contributed by atoms with Gasteiger partial charge in [0.15, 0.2) is 0 Å². The van der Waals surface area contributed by atoms with E-state index in [1.165, 1.54) is 31.6 Å². The smallest absolute Gasteiger partial charge is 0.282 e. The van der Waals surface area contributed by atoms with Crippen LogP contribution in [0.1, 0.15) is 0 Å². The Balaban J connectivity index is 1.90. The molecule has 0 fully saturated rings. The predicted octanol–water partition coefficient (Wildman–Crippen LogP) is 3.54. The fraction of sp³-hybridized carbons (Fsp3) is 0.0500. The van der Waals surface area contributed by atoms with Crippen LogP contribution in [0.5, 0.6) is 5.75 Å². The zero-order valence-electron chi connectivity index (χ0n) is 14.6. The van der Waals surface area contributed by atoms with Gasteiger partial charge in [-0.05, 0) is 48.1 Å². The normalized spacial score (nSPS) is 19.2. The van der Waals surface area contributed by atoms with Crippen molar-refractivity contribution in [3.8, 4) is 5.75 Å². The zero-order chi connectivity index (χ0) is 19.3. The molecule has 7 heteroatoms. The minimum Gasteiger partial charge on any atom is -0.497 e. The molecule has 0 unspecified atom stereocenters. The summed E-state index contributed by atoms with van der Waals surface area (Å²) in [6.07, 6.45) is 17.0. The number of ether oxygens (including phenoxy) is 1. The summed E-state index contributed by atoms with van der Waals surface area (Å²) in [4.78, 5) is 0.0950. The van der Waals surface area contributed by atoms with Gasteiger partial charge < -0.3 is 4.74 Å². The van der Waals surface area contributed by atoms with Gasteiger partial charge in [-0.2, -0.15) is 12.8 Å². The molecular formula is C20H18N2O4S. The second-order valence-corrected chi connectivity index (χ2v) is 7.25. The third-order valence-electron chi connectivity index (χ3n) is 3.81. The largest absolute Gasteiger partial charge is 0.497 e. The first-order chi connectivity index (χ1) is 13.0. The van der Waals surface area contributed by atoms with E-state index in [1.807, 2.05) is 12.2 Å². The van der Waals surface area contributed by atoms with Crippen molar-refractivity contribution in [2.75, 3.05) is 7.11 Å². The quantitative estimate of drug-likeness (QED) is 0.862. The number of rotatable bonds is 4. The van der Waals surface area contributed by atoms with Crippen molar-refractivity contribution in [2.24, 2.45) is 4.40 Å². The standard InChI is InChI=1S/C20H18N2O4S/c1-26-18-8-10-19(11-9-18)27(24,25)21-20-5-3-2-4-17(20)7-6-16-12-14-22(23)15-13-16/h2-15,23H,1H3/b17-7+,21-20-. The van der Waals surface area contributed by atoms with E-state index in [1.54, 1.807) is 48.6 Å². The summed E-state index contributed by atoms with van der Waals surface area (Å²) in [6, 6.07) is 6.09. The van der Waals surface area contributed by atoms with E-state index in [0.29, 0.717) is 17.0 Å². The molecular weight excluding hydrogens is 364 g/mol. The van der Waals surface area contributed by atoms with Crippen LogP contribution in [0.2, 0.25) is 0 Å². The van der Waals surface area contributed by atoms with Gasteiger partial charge in [0.1, 0.15) is 5.75 Å². The van der Waals surface area contributed by atoms with Gasteiger partial charge in [0.2, 0.25) is 0 Å². The molecule has 1 N–H and O–H groups in total. The average molecular weight is 382 g/mol. The van der Waals surface area contributed by atoms with Gasteiger partial charge in [-0.15, -0.1) is 0 Å². The van der Waals surface area contributed by atoms with Crippen LogP contribution >= 0.6 is 0 Å². The lowest BCUT2D eigenvalue weighted by Gasteiger charge is -2.10. The number of hydroxylamine groups is 2. The summed E-state index contributed by atoms with van der Waals surface area (Å²) in [5.41, 5.74) is 1.86. The van der Waals surface area contributed by atoms with E-state index < -0.39 is 10.0 Å². The van der Waals surface area contributed by atoms with Gasteiger partial charge in [0.25, 0.3) is 10.0 Å². The Morgan fingerprint density at radius 3 is 2.33 bits per heavy atom. The first-order valence-electron chi connectivity index (χ1n) is 8.08. The van der Waals surface area contributed by atoms with Gasteiger partial charge in [-0.25, -0.2) is 5.06 Å². The summed E-state index contributed by atoms with van der Waals surface area (Å²) in [7, 11) is -2.33. The molecule has 1 aromatic rings. The first kappa shape index (κ1) is 18.6. The Labute approximate surface area is 158 Å². The molecule has 3 rings (SSSR count). The highest BCUT2D eigenvalue weighted by Crippen LogP contribution is 2.20. The number of nitrogens with zero attached hydrogens (tertiary/aromatic N) is 2. The number of allylic oxidation sites excluding steroid dienone is 10. The highest BCUT2D eigenvalue weighted by atomic mass is 32.2. The molecule has 1 heterocycles. The van der Waals surface area contributed by atoms with Gasteiger partial charge in [-0.1, -0.05) is 30.4 Å². The molecule has 0 amide bonds. The molecule has 138 valence electrons. The van der Waals surface area contributed by atoms with E-state index in [4.69, 9.17) is 4.74 Å². The lowest BCUT2D eigenvalue weighted by atomic mass is 10.0. The second kappa shape index (κ2) is 8.03. The van der Waals surface area contributed by atoms with Gasteiger partial charge in [-0.3, -0.25) is 5.21 Å². The van der Waals surface area contributed by atoms with Crippen molar-refractivity contribution in [3.05, 3.63) is 96.4 Å². The number of sulfonamides is 1. The average Bonchev–Trinajstić information content (AvgIpc) is 2.68. The monoisotopic (exact) mass is 382 g/mol. The van der Waals surface area contributed by atoms with Crippen LogP contribution in [0.3, 0.4) is 0 Å². The Bertz CT molecular complexity index is 1010. The Morgan fingerprint density at radius 2 is 1.67 bits per heavy atom. The molecule has 0 saturated carbocycles. The lowest BCUT2D eigenvalue weighted by molar-refractivity contribution is 0.0105. The molecule has 0 bridgehead atoms. The molecule has 1 aliphatic heterocycles. The van der Waals surface area contributed by atoms with Crippen LogP contribution in [0.25, 0.3) is 0 Å². The molecule has 0 atom stereocenters. The SMILES string of the molecule is COc1ccc(S(=O)(=O)/N=C2/C=CC=C/C2=C\C=C2C=CN(O)C=C2)cc1. The number of hydrogen-bond acceptors (Lipinski definition) is 5. The fourth-order valence-electron chi connectivity index (χ4n) is 2.37.